The van der Waals surface area contributed by atoms with E-state index in [-0.39, 0.29) is 5.76 Å². The second-order valence-corrected chi connectivity index (χ2v) is 5.76. The Morgan fingerprint density at radius 3 is 2.27 bits per heavy atom. The standard InChI is InChI=1S/C19H15ClN2O4/c20-15-7-9-16(10-8-15)26-12-13-3-5-14(6-4-13)18(23)21-22-19(24)17-2-1-11-25-17/h1-11H,12H2,(H,21,23)(H,22,24). The molecule has 6 nitrogen and oxygen atoms in total. The molecule has 1 aromatic heterocycles. The van der Waals surface area contributed by atoms with Crippen LogP contribution in [0.15, 0.2) is 71.3 Å². The molecule has 0 unspecified atom stereocenters. The molecule has 0 aliphatic rings. The average molecular weight is 371 g/mol. The average Bonchev–Trinajstić information content (AvgIpc) is 3.21. The number of hydrogen-bond donors (Lipinski definition) is 2. The van der Waals surface area contributed by atoms with Crippen molar-refractivity contribution >= 4 is 23.4 Å². The third-order valence-corrected chi connectivity index (χ3v) is 3.72. The minimum atomic E-state index is -0.531. The minimum absolute atomic E-state index is 0.111. The molecule has 3 rings (SSSR count). The number of ether oxygens (including phenoxy) is 1. The number of hydrogen-bond acceptors (Lipinski definition) is 4. The first-order valence-electron chi connectivity index (χ1n) is 7.73. The maximum Gasteiger partial charge on any atom is 0.305 e. The van der Waals surface area contributed by atoms with Gasteiger partial charge in [-0.25, -0.2) is 0 Å². The summed E-state index contributed by atoms with van der Waals surface area (Å²) in [6, 6.07) is 17.0. The van der Waals surface area contributed by atoms with E-state index in [0.717, 1.165) is 5.56 Å². The number of nitrogens with one attached hydrogen (secondary N) is 2. The summed E-state index contributed by atoms with van der Waals surface area (Å²) in [6.45, 7) is 0.360. The Morgan fingerprint density at radius 1 is 0.923 bits per heavy atom. The van der Waals surface area contributed by atoms with Gasteiger partial charge in [-0.15, -0.1) is 0 Å². The number of hydrazine groups is 1. The number of halogens is 1. The quantitative estimate of drug-likeness (QED) is 0.672. The molecule has 2 amide bonds. The Bertz CT molecular complexity index is 875. The summed E-state index contributed by atoms with van der Waals surface area (Å²) in [5, 5.41) is 0.645. The van der Waals surface area contributed by atoms with Crippen LogP contribution in [0, 0.1) is 0 Å². The van der Waals surface area contributed by atoms with Gasteiger partial charge in [0.2, 0.25) is 0 Å². The highest BCUT2D eigenvalue weighted by Crippen LogP contribution is 2.17. The number of carbonyl (C=O) groups excluding carboxylic acids is 2. The fraction of sp³-hybridized carbons (Fsp3) is 0.0526. The molecule has 2 N–H and O–H groups in total. The van der Waals surface area contributed by atoms with Gasteiger partial charge in [-0.2, -0.15) is 0 Å². The third kappa shape index (κ3) is 4.64. The summed E-state index contributed by atoms with van der Waals surface area (Å²) in [5.74, 6) is -0.150. The van der Waals surface area contributed by atoms with Crippen molar-refractivity contribution in [2.75, 3.05) is 0 Å². The van der Waals surface area contributed by atoms with Gasteiger partial charge in [0.1, 0.15) is 12.4 Å². The van der Waals surface area contributed by atoms with Crippen molar-refractivity contribution in [1.82, 2.24) is 10.9 Å². The lowest BCUT2D eigenvalue weighted by Crippen LogP contribution is -2.41. The fourth-order valence-electron chi connectivity index (χ4n) is 2.10. The number of carbonyl (C=O) groups is 2. The van der Waals surface area contributed by atoms with Crippen LogP contribution in [0.25, 0.3) is 0 Å². The van der Waals surface area contributed by atoms with Gasteiger partial charge in [0.25, 0.3) is 5.91 Å². The van der Waals surface area contributed by atoms with Gasteiger partial charge < -0.3 is 9.15 Å². The van der Waals surface area contributed by atoms with Gasteiger partial charge in [0, 0.05) is 10.6 Å². The lowest BCUT2D eigenvalue weighted by atomic mass is 10.1. The van der Waals surface area contributed by atoms with Crippen molar-refractivity contribution in [3.8, 4) is 5.75 Å². The number of furan rings is 1. The van der Waals surface area contributed by atoms with Crippen LogP contribution in [0.3, 0.4) is 0 Å². The Kier molecular flexibility index (Phi) is 5.56. The monoisotopic (exact) mass is 370 g/mol. The zero-order chi connectivity index (χ0) is 18.4. The SMILES string of the molecule is O=C(NNC(=O)c1ccco1)c1ccc(COc2ccc(Cl)cc2)cc1. The Balaban J connectivity index is 1.50. The molecule has 0 spiro atoms. The summed E-state index contributed by atoms with van der Waals surface area (Å²) in [4.78, 5) is 23.7. The molecule has 0 aliphatic heterocycles. The largest absolute Gasteiger partial charge is 0.489 e. The lowest BCUT2D eigenvalue weighted by Gasteiger charge is -2.08. The molecule has 3 aromatic rings. The molecule has 132 valence electrons. The maximum atomic E-state index is 12.0. The van der Waals surface area contributed by atoms with E-state index in [0.29, 0.717) is 22.9 Å². The van der Waals surface area contributed by atoms with E-state index >= 15 is 0 Å². The van der Waals surface area contributed by atoms with Crippen molar-refractivity contribution in [2.45, 2.75) is 6.61 Å². The molecule has 0 fully saturated rings. The topological polar surface area (TPSA) is 80.6 Å². The van der Waals surface area contributed by atoms with E-state index in [2.05, 4.69) is 10.9 Å². The highest BCUT2D eigenvalue weighted by Gasteiger charge is 2.11. The Hall–Kier alpha value is -3.25. The summed E-state index contributed by atoms with van der Waals surface area (Å²) >= 11 is 5.83. The van der Waals surface area contributed by atoms with Crippen molar-refractivity contribution < 1.29 is 18.7 Å². The molecule has 26 heavy (non-hydrogen) atoms. The van der Waals surface area contributed by atoms with Gasteiger partial charge in [0.15, 0.2) is 5.76 Å². The molecule has 0 bridgehead atoms. The van der Waals surface area contributed by atoms with Crippen LogP contribution >= 0.6 is 11.6 Å². The Labute approximate surface area is 154 Å². The summed E-state index contributed by atoms with van der Waals surface area (Å²) in [7, 11) is 0. The molecule has 0 saturated heterocycles. The van der Waals surface area contributed by atoms with Gasteiger partial charge in [-0.05, 0) is 54.1 Å². The van der Waals surface area contributed by atoms with Crippen LogP contribution < -0.4 is 15.6 Å². The predicted octanol–water partition coefficient (Wildman–Crippen LogP) is 3.59. The molecular formula is C19H15ClN2O4. The first kappa shape index (κ1) is 17.6. The molecule has 0 atom stereocenters. The van der Waals surface area contributed by atoms with Gasteiger partial charge in [-0.1, -0.05) is 23.7 Å². The van der Waals surface area contributed by atoms with Crippen LogP contribution in [0.4, 0.5) is 0 Å². The molecule has 0 saturated carbocycles. The number of benzene rings is 2. The van der Waals surface area contributed by atoms with Gasteiger partial charge >= 0.3 is 5.91 Å². The molecule has 0 radical (unpaired) electrons. The maximum absolute atomic E-state index is 12.0. The van der Waals surface area contributed by atoms with Crippen LogP contribution in [0.5, 0.6) is 5.75 Å². The van der Waals surface area contributed by atoms with E-state index in [1.165, 1.54) is 12.3 Å². The van der Waals surface area contributed by atoms with Crippen LogP contribution in [0.1, 0.15) is 26.5 Å². The zero-order valence-electron chi connectivity index (χ0n) is 13.6. The van der Waals surface area contributed by atoms with E-state index in [9.17, 15) is 9.59 Å². The van der Waals surface area contributed by atoms with Gasteiger partial charge in [-0.3, -0.25) is 20.4 Å². The summed E-state index contributed by atoms with van der Waals surface area (Å²) in [5.41, 5.74) is 5.91. The summed E-state index contributed by atoms with van der Waals surface area (Å²) in [6.07, 6.45) is 1.38. The third-order valence-electron chi connectivity index (χ3n) is 3.47. The minimum Gasteiger partial charge on any atom is -0.489 e. The number of amides is 2. The highest BCUT2D eigenvalue weighted by atomic mass is 35.5. The van der Waals surface area contributed by atoms with Crippen molar-refractivity contribution in [1.29, 1.82) is 0 Å². The lowest BCUT2D eigenvalue weighted by molar-refractivity contribution is 0.0831. The first-order valence-corrected chi connectivity index (χ1v) is 8.11. The van der Waals surface area contributed by atoms with Crippen LogP contribution in [-0.4, -0.2) is 11.8 Å². The van der Waals surface area contributed by atoms with E-state index in [4.69, 9.17) is 20.8 Å². The first-order chi connectivity index (χ1) is 12.6. The molecule has 1 heterocycles. The second kappa shape index (κ2) is 8.22. The molecular weight excluding hydrogens is 356 g/mol. The Morgan fingerprint density at radius 2 is 1.62 bits per heavy atom. The molecule has 2 aromatic carbocycles. The van der Waals surface area contributed by atoms with Gasteiger partial charge in [0.05, 0.1) is 6.26 Å². The zero-order valence-corrected chi connectivity index (χ0v) is 14.3. The molecule has 7 heteroatoms. The van der Waals surface area contributed by atoms with Crippen molar-refractivity contribution in [3.63, 3.8) is 0 Å². The fourth-order valence-corrected chi connectivity index (χ4v) is 2.23. The van der Waals surface area contributed by atoms with E-state index < -0.39 is 11.8 Å². The van der Waals surface area contributed by atoms with Crippen molar-refractivity contribution in [3.05, 3.63) is 88.8 Å². The van der Waals surface area contributed by atoms with E-state index in [1.807, 2.05) is 0 Å². The molecule has 0 aliphatic carbocycles. The van der Waals surface area contributed by atoms with Crippen molar-refractivity contribution in [2.24, 2.45) is 0 Å². The van der Waals surface area contributed by atoms with Crippen LogP contribution in [0.2, 0.25) is 5.02 Å². The normalized spacial score (nSPS) is 10.2. The van der Waals surface area contributed by atoms with E-state index in [1.54, 1.807) is 54.6 Å². The predicted molar refractivity (Wildman–Crippen MR) is 95.9 cm³/mol. The number of rotatable bonds is 5. The van der Waals surface area contributed by atoms with Crippen LogP contribution in [-0.2, 0) is 6.61 Å². The second-order valence-electron chi connectivity index (χ2n) is 5.33. The summed E-state index contributed by atoms with van der Waals surface area (Å²) < 4.78 is 10.6. The smallest absolute Gasteiger partial charge is 0.305 e. The highest BCUT2D eigenvalue weighted by molar-refractivity contribution is 6.30.